The molecule has 1 fully saturated rings. The van der Waals surface area contributed by atoms with Crippen molar-refractivity contribution in [3.8, 4) is 0 Å². The van der Waals surface area contributed by atoms with Gasteiger partial charge in [0.05, 0.1) is 36.7 Å². The van der Waals surface area contributed by atoms with Gasteiger partial charge in [0, 0.05) is 5.39 Å². The van der Waals surface area contributed by atoms with E-state index >= 15 is 0 Å². The van der Waals surface area contributed by atoms with Crippen molar-refractivity contribution in [2.24, 2.45) is 0 Å². The van der Waals surface area contributed by atoms with Crippen molar-refractivity contribution in [1.82, 2.24) is 10.2 Å². The van der Waals surface area contributed by atoms with E-state index in [1.807, 2.05) is 38.2 Å². The van der Waals surface area contributed by atoms with Gasteiger partial charge in [0.2, 0.25) is 0 Å². The highest BCUT2D eigenvalue weighted by molar-refractivity contribution is 5.90. The van der Waals surface area contributed by atoms with Gasteiger partial charge >= 0.3 is 0 Å². The quantitative estimate of drug-likeness (QED) is 0.853. The topological polar surface area (TPSA) is 59.2 Å². The number of anilines is 1. The number of rotatable bonds is 2. The maximum Gasteiger partial charge on any atom is 0.162 e. The number of fused-ring (bicyclic) bond motifs is 1. The summed E-state index contributed by atoms with van der Waals surface area (Å²) in [5, 5.41) is 11.6. The first-order chi connectivity index (χ1) is 8.64. The highest BCUT2D eigenvalue weighted by Crippen LogP contribution is 2.24. The Labute approximate surface area is 105 Å². The second kappa shape index (κ2) is 4.26. The van der Waals surface area contributed by atoms with Gasteiger partial charge in [0.25, 0.3) is 0 Å². The average molecular weight is 247 g/mol. The van der Waals surface area contributed by atoms with E-state index in [0.717, 1.165) is 16.6 Å². The zero-order chi connectivity index (χ0) is 12.6. The zero-order valence-corrected chi connectivity index (χ0v) is 10.6. The van der Waals surface area contributed by atoms with E-state index in [1.165, 1.54) is 0 Å². The minimum absolute atomic E-state index is 0.159. The van der Waals surface area contributed by atoms with Crippen LogP contribution in [0.25, 0.3) is 10.9 Å². The maximum absolute atomic E-state index is 5.63. The predicted octanol–water partition coefficient (Wildman–Crippen LogP) is 2.13. The van der Waals surface area contributed by atoms with Gasteiger partial charge in [-0.1, -0.05) is 12.1 Å². The van der Waals surface area contributed by atoms with E-state index in [-0.39, 0.29) is 6.04 Å². The molecule has 1 aliphatic rings. The third kappa shape index (κ3) is 2.19. The van der Waals surface area contributed by atoms with Crippen LogP contribution in [0.3, 0.4) is 0 Å². The molecule has 96 valence electrons. The van der Waals surface area contributed by atoms with Crippen molar-refractivity contribution in [3.05, 3.63) is 24.4 Å². The van der Waals surface area contributed by atoms with Crippen molar-refractivity contribution < 1.29 is 9.47 Å². The molecule has 0 radical (unpaired) electrons. The molecule has 1 aliphatic heterocycles. The summed E-state index contributed by atoms with van der Waals surface area (Å²) in [4.78, 5) is 0. The maximum atomic E-state index is 5.63. The van der Waals surface area contributed by atoms with Gasteiger partial charge in [-0.05, 0) is 19.9 Å². The molecule has 0 atom stereocenters. The summed E-state index contributed by atoms with van der Waals surface area (Å²) < 4.78 is 11.3. The summed E-state index contributed by atoms with van der Waals surface area (Å²) in [6, 6.07) is 6.22. The molecule has 3 rings (SSSR count). The van der Waals surface area contributed by atoms with E-state index in [1.54, 1.807) is 0 Å². The van der Waals surface area contributed by atoms with Gasteiger partial charge in [-0.25, -0.2) is 0 Å². The first kappa shape index (κ1) is 11.5. The largest absolute Gasteiger partial charge is 0.376 e. The number of nitrogens with zero attached hydrogens (tertiary/aromatic N) is 1. The van der Waals surface area contributed by atoms with E-state index < -0.39 is 5.79 Å². The lowest BCUT2D eigenvalue weighted by Crippen LogP contribution is -2.45. The molecular formula is C13H17N3O2. The van der Waals surface area contributed by atoms with Crippen molar-refractivity contribution in [2.45, 2.75) is 25.7 Å². The van der Waals surface area contributed by atoms with Crippen LogP contribution < -0.4 is 5.32 Å². The standard InChI is InChI=1S/C13H17N3O2/c1-13(2)17-7-10(8-18-13)15-11-5-3-4-9-6-14-16-12(9)11/h3-6,10,15H,7-8H2,1-2H3,(H,14,16). The van der Waals surface area contributed by atoms with Gasteiger partial charge in [-0.15, -0.1) is 0 Å². The molecule has 1 aromatic heterocycles. The summed E-state index contributed by atoms with van der Waals surface area (Å²) in [5.74, 6) is -0.474. The second-order valence-corrected chi connectivity index (χ2v) is 5.00. The molecule has 18 heavy (non-hydrogen) atoms. The van der Waals surface area contributed by atoms with Crippen LogP contribution >= 0.6 is 0 Å². The number of aromatic amines is 1. The molecule has 0 saturated carbocycles. The first-order valence-electron chi connectivity index (χ1n) is 6.11. The van der Waals surface area contributed by atoms with E-state index in [4.69, 9.17) is 9.47 Å². The van der Waals surface area contributed by atoms with Crippen LogP contribution in [0, 0.1) is 0 Å². The fourth-order valence-electron chi connectivity index (χ4n) is 2.08. The van der Waals surface area contributed by atoms with Gasteiger partial charge in [-0.2, -0.15) is 5.10 Å². The Balaban J connectivity index is 1.75. The Morgan fingerprint density at radius 2 is 2.11 bits per heavy atom. The molecule has 0 unspecified atom stereocenters. The molecule has 2 heterocycles. The van der Waals surface area contributed by atoms with Crippen LogP contribution in [0.2, 0.25) is 0 Å². The first-order valence-corrected chi connectivity index (χ1v) is 6.11. The number of aromatic nitrogens is 2. The fourth-order valence-corrected chi connectivity index (χ4v) is 2.08. The highest BCUT2D eigenvalue weighted by Gasteiger charge is 2.28. The predicted molar refractivity (Wildman–Crippen MR) is 69.5 cm³/mol. The van der Waals surface area contributed by atoms with E-state index in [0.29, 0.717) is 13.2 Å². The molecule has 0 spiro atoms. The van der Waals surface area contributed by atoms with Crippen molar-refractivity contribution in [2.75, 3.05) is 18.5 Å². The number of hydrogen-bond acceptors (Lipinski definition) is 4. The van der Waals surface area contributed by atoms with Crippen molar-refractivity contribution >= 4 is 16.6 Å². The van der Waals surface area contributed by atoms with Crippen LogP contribution in [0.15, 0.2) is 24.4 Å². The Morgan fingerprint density at radius 3 is 2.89 bits per heavy atom. The summed E-state index contributed by atoms with van der Waals surface area (Å²) in [5.41, 5.74) is 2.05. The van der Waals surface area contributed by atoms with Crippen molar-refractivity contribution in [3.63, 3.8) is 0 Å². The minimum Gasteiger partial charge on any atom is -0.376 e. The molecule has 5 heteroatoms. The molecular weight excluding hydrogens is 230 g/mol. The molecule has 0 bridgehead atoms. The Kier molecular flexibility index (Phi) is 2.72. The third-order valence-electron chi connectivity index (χ3n) is 3.10. The number of ether oxygens (including phenoxy) is 2. The van der Waals surface area contributed by atoms with Crippen LogP contribution in [0.4, 0.5) is 5.69 Å². The third-order valence-corrected chi connectivity index (χ3v) is 3.10. The second-order valence-electron chi connectivity index (χ2n) is 5.00. The lowest BCUT2D eigenvalue weighted by molar-refractivity contribution is -0.247. The number of nitrogens with one attached hydrogen (secondary N) is 2. The van der Waals surface area contributed by atoms with Crippen molar-refractivity contribution in [1.29, 1.82) is 0 Å². The molecule has 2 N–H and O–H groups in total. The van der Waals surface area contributed by atoms with Gasteiger partial charge in [0.1, 0.15) is 0 Å². The molecule has 0 amide bonds. The molecule has 1 saturated heterocycles. The Hall–Kier alpha value is -1.59. The van der Waals surface area contributed by atoms with Crippen LogP contribution in [-0.4, -0.2) is 35.2 Å². The Morgan fingerprint density at radius 1 is 1.33 bits per heavy atom. The molecule has 5 nitrogen and oxygen atoms in total. The Bertz CT molecular complexity index is 540. The fraction of sp³-hybridized carbons (Fsp3) is 0.462. The van der Waals surface area contributed by atoms with Crippen LogP contribution in [0.1, 0.15) is 13.8 Å². The SMILES string of the molecule is CC1(C)OCC(Nc2cccc3cn[nH]c23)CO1. The summed E-state index contributed by atoms with van der Waals surface area (Å²) in [6.45, 7) is 5.13. The van der Waals surface area contributed by atoms with Crippen LogP contribution in [0.5, 0.6) is 0 Å². The zero-order valence-electron chi connectivity index (χ0n) is 10.6. The molecule has 2 aromatic rings. The number of hydrogen-bond donors (Lipinski definition) is 2. The van der Waals surface area contributed by atoms with Gasteiger partial charge in [-0.3, -0.25) is 5.10 Å². The number of H-pyrrole nitrogens is 1. The smallest absolute Gasteiger partial charge is 0.162 e. The monoisotopic (exact) mass is 247 g/mol. The summed E-state index contributed by atoms with van der Waals surface area (Å²) in [6.07, 6.45) is 1.82. The minimum atomic E-state index is -0.474. The molecule has 0 aliphatic carbocycles. The summed E-state index contributed by atoms with van der Waals surface area (Å²) >= 11 is 0. The molecule has 1 aromatic carbocycles. The van der Waals surface area contributed by atoms with Gasteiger partial charge in [0.15, 0.2) is 5.79 Å². The lowest BCUT2D eigenvalue weighted by Gasteiger charge is -2.35. The summed E-state index contributed by atoms with van der Waals surface area (Å²) in [7, 11) is 0. The number of benzene rings is 1. The average Bonchev–Trinajstić information content (AvgIpc) is 2.81. The normalized spacial score (nSPS) is 20.1. The van der Waals surface area contributed by atoms with E-state index in [9.17, 15) is 0 Å². The van der Waals surface area contributed by atoms with Crippen LogP contribution in [-0.2, 0) is 9.47 Å². The highest BCUT2D eigenvalue weighted by atomic mass is 16.7. The van der Waals surface area contributed by atoms with E-state index in [2.05, 4.69) is 15.5 Å². The number of para-hydroxylation sites is 1. The lowest BCUT2D eigenvalue weighted by atomic mass is 10.2. The van der Waals surface area contributed by atoms with Gasteiger partial charge < -0.3 is 14.8 Å².